The Hall–Kier alpha value is -0.960. The summed E-state index contributed by atoms with van der Waals surface area (Å²) in [5, 5.41) is 8.71. The zero-order valence-electron chi connectivity index (χ0n) is 8.56. The first kappa shape index (κ1) is 11.1. The van der Waals surface area contributed by atoms with E-state index < -0.39 is 18.2 Å². The third-order valence-corrected chi connectivity index (χ3v) is 2.17. The van der Waals surface area contributed by atoms with Crippen molar-refractivity contribution in [2.75, 3.05) is 0 Å². The number of aliphatic hydroxyl groups excluding tert-OH is 1. The van der Waals surface area contributed by atoms with Crippen LogP contribution in [0.3, 0.4) is 0 Å². The number of rotatable bonds is 1. The molecule has 0 aliphatic carbocycles. The molecule has 3 heteroatoms. The average Bonchev–Trinajstić information content (AvgIpc) is 2.01. The quantitative estimate of drug-likeness (QED) is 0.739. The number of halogens is 2. The van der Waals surface area contributed by atoms with Gasteiger partial charge in [0.1, 0.15) is 11.6 Å². The summed E-state index contributed by atoms with van der Waals surface area (Å²) < 4.78 is 26.5. The molecule has 0 bridgehead atoms. The third kappa shape index (κ3) is 2.10. The monoisotopic (exact) mass is 200 g/mol. The van der Waals surface area contributed by atoms with Crippen LogP contribution in [0.15, 0.2) is 12.1 Å². The number of hydrogen-bond donors (Lipinski definition) is 1. The van der Waals surface area contributed by atoms with Crippen LogP contribution < -0.4 is 0 Å². The van der Waals surface area contributed by atoms with E-state index in [0.29, 0.717) is 5.56 Å². The molecule has 0 heterocycles. The number of benzene rings is 1. The highest BCUT2D eigenvalue weighted by atomic mass is 19.1. The molecule has 1 aromatic rings. The predicted octanol–water partition coefficient (Wildman–Crippen LogP) is 2.75. The molecule has 1 N–H and O–H groups in total. The summed E-state index contributed by atoms with van der Waals surface area (Å²) >= 11 is 0. The minimum absolute atomic E-state index is 0.266. The standard InChI is InChI=1S/C11H14F2O/c1-11(2,3)7-4-9(12)8(6-14)10(13)5-7/h4-5,14H,6H2,1-3H3. The Morgan fingerprint density at radius 3 is 1.86 bits per heavy atom. The fourth-order valence-electron chi connectivity index (χ4n) is 1.19. The van der Waals surface area contributed by atoms with Crippen LogP contribution in [-0.4, -0.2) is 5.11 Å². The molecule has 0 amide bonds. The second-order valence-electron chi connectivity index (χ2n) is 4.33. The molecule has 0 fully saturated rings. The molecule has 0 saturated carbocycles. The van der Waals surface area contributed by atoms with Crippen molar-refractivity contribution in [1.82, 2.24) is 0 Å². The van der Waals surface area contributed by atoms with E-state index in [9.17, 15) is 8.78 Å². The van der Waals surface area contributed by atoms with Crippen LogP contribution in [0.2, 0.25) is 0 Å². The Balaban J connectivity index is 3.28. The van der Waals surface area contributed by atoms with Crippen LogP contribution in [-0.2, 0) is 12.0 Å². The molecule has 1 aromatic carbocycles. The molecule has 0 radical (unpaired) electrons. The minimum Gasteiger partial charge on any atom is -0.391 e. The lowest BCUT2D eigenvalue weighted by Gasteiger charge is -2.19. The second-order valence-corrected chi connectivity index (χ2v) is 4.33. The van der Waals surface area contributed by atoms with Crippen molar-refractivity contribution in [3.63, 3.8) is 0 Å². The van der Waals surface area contributed by atoms with Crippen LogP contribution in [0.4, 0.5) is 8.78 Å². The molecule has 0 aliphatic heterocycles. The van der Waals surface area contributed by atoms with E-state index in [-0.39, 0.29) is 11.0 Å². The second kappa shape index (κ2) is 3.65. The van der Waals surface area contributed by atoms with Crippen LogP contribution in [0.1, 0.15) is 31.9 Å². The molecule has 0 saturated heterocycles. The summed E-state index contributed by atoms with van der Waals surface area (Å²) in [4.78, 5) is 0. The maximum absolute atomic E-state index is 13.2. The highest BCUT2D eigenvalue weighted by Crippen LogP contribution is 2.25. The largest absolute Gasteiger partial charge is 0.391 e. The Labute approximate surface area is 82.4 Å². The lowest BCUT2D eigenvalue weighted by molar-refractivity contribution is 0.268. The van der Waals surface area contributed by atoms with E-state index >= 15 is 0 Å². The maximum Gasteiger partial charge on any atom is 0.131 e. The van der Waals surface area contributed by atoms with E-state index in [0.717, 1.165) is 0 Å². The zero-order chi connectivity index (χ0) is 10.9. The molecule has 0 spiro atoms. The van der Waals surface area contributed by atoms with Crippen molar-refractivity contribution in [2.45, 2.75) is 32.8 Å². The third-order valence-electron chi connectivity index (χ3n) is 2.17. The van der Waals surface area contributed by atoms with Gasteiger partial charge in [-0.05, 0) is 23.1 Å². The molecule has 78 valence electrons. The molecular weight excluding hydrogens is 186 g/mol. The lowest BCUT2D eigenvalue weighted by atomic mass is 9.86. The molecule has 14 heavy (non-hydrogen) atoms. The molecule has 0 atom stereocenters. The van der Waals surface area contributed by atoms with Crippen molar-refractivity contribution in [1.29, 1.82) is 0 Å². The highest BCUT2D eigenvalue weighted by molar-refractivity contribution is 5.30. The van der Waals surface area contributed by atoms with Crippen molar-refractivity contribution in [3.8, 4) is 0 Å². The van der Waals surface area contributed by atoms with Crippen LogP contribution >= 0.6 is 0 Å². The zero-order valence-corrected chi connectivity index (χ0v) is 8.56. The van der Waals surface area contributed by atoms with E-state index in [4.69, 9.17) is 5.11 Å². The van der Waals surface area contributed by atoms with E-state index in [1.165, 1.54) is 12.1 Å². The predicted molar refractivity (Wildman–Crippen MR) is 51.0 cm³/mol. The van der Waals surface area contributed by atoms with Gasteiger partial charge in [-0.15, -0.1) is 0 Å². The summed E-state index contributed by atoms with van der Waals surface area (Å²) in [6.45, 7) is 5.02. The van der Waals surface area contributed by atoms with Crippen molar-refractivity contribution < 1.29 is 13.9 Å². The van der Waals surface area contributed by atoms with Crippen LogP contribution in [0.25, 0.3) is 0 Å². The molecule has 0 unspecified atom stereocenters. The lowest BCUT2D eigenvalue weighted by Crippen LogP contribution is -2.13. The molecule has 1 nitrogen and oxygen atoms in total. The van der Waals surface area contributed by atoms with Crippen LogP contribution in [0.5, 0.6) is 0 Å². The van der Waals surface area contributed by atoms with E-state index in [1.807, 2.05) is 20.8 Å². The fraction of sp³-hybridized carbons (Fsp3) is 0.455. The fourth-order valence-corrected chi connectivity index (χ4v) is 1.19. The van der Waals surface area contributed by atoms with Gasteiger partial charge in [0.25, 0.3) is 0 Å². The highest BCUT2D eigenvalue weighted by Gasteiger charge is 2.18. The van der Waals surface area contributed by atoms with Gasteiger partial charge >= 0.3 is 0 Å². The van der Waals surface area contributed by atoms with Gasteiger partial charge in [-0.3, -0.25) is 0 Å². The average molecular weight is 200 g/mol. The normalized spacial score (nSPS) is 11.9. The molecule has 1 rings (SSSR count). The van der Waals surface area contributed by atoms with Gasteiger partial charge in [-0.2, -0.15) is 0 Å². The topological polar surface area (TPSA) is 20.2 Å². The SMILES string of the molecule is CC(C)(C)c1cc(F)c(CO)c(F)c1. The van der Waals surface area contributed by atoms with Crippen LogP contribution in [0, 0.1) is 11.6 Å². The molecule has 0 aliphatic rings. The van der Waals surface area contributed by atoms with Gasteiger partial charge in [0, 0.05) is 5.56 Å². The minimum atomic E-state index is -0.683. The van der Waals surface area contributed by atoms with Gasteiger partial charge in [0.05, 0.1) is 6.61 Å². The summed E-state index contributed by atoms with van der Waals surface area (Å²) in [6, 6.07) is 2.54. The van der Waals surface area contributed by atoms with Gasteiger partial charge < -0.3 is 5.11 Å². The summed E-state index contributed by atoms with van der Waals surface area (Å²) in [6.07, 6.45) is 0. The smallest absolute Gasteiger partial charge is 0.131 e. The number of hydrogen-bond acceptors (Lipinski definition) is 1. The Morgan fingerprint density at radius 1 is 1.14 bits per heavy atom. The molecular formula is C11H14F2O. The Kier molecular flexibility index (Phi) is 2.90. The Morgan fingerprint density at radius 2 is 1.57 bits per heavy atom. The maximum atomic E-state index is 13.2. The molecule has 0 aromatic heterocycles. The first-order chi connectivity index (χ1) is 6.36. The number of aliphatic hydroxyl groups is 1. The van der Waals surface area contributed by atoms with Gasteiger partial charge in [-0.25, -0.2) is 8.78 Å². The van der Waals surface area contributed by atoms with Crippen molar-refractivity contribution in [3.05, 3.63) is 34.9 Å². The summed E-state index contributed by atoms with van der Waals surface area (Å²) in [7, 11) is 0. The van der Waals surface area contributed by atoms with Crippen molar-refractivity contribution in [2.24, 2.45) is 0 Å². The van der Waals surface area contributed by atoms with Gasteiger partial charge in [-0.1, -0.05) is 20.8 Å². The van der Waals surface area contributed by atoms with Gasteiger partial charge in [0.15, 0.2) is 0 Å². The van der Waals surface area contributed by atoms with E-state index in [2.05, 4.69) is 0 Å². The first-order valence-electron chi connectivity index (χ1n) is 4.45. The summed E-state index contributed by atoms with van der Waals surface area (Å²) in [5.41, 5.74) is 0.0260. The summed E-state index contributed by atoms with van der Waals surface area (Å²) in [5.74, 6) is -1.37. The van der Waals surface area contributed by atoms with E-state index in [1.54, 1.807) is 0 Å². The van der Waals surface area contributed by atoms with Crippen molar-refractivity contribution >= 4 is 0 Å². The Bertz CT molecular complexity index is 317. The van der Waals surface area contributed by atoms with Gasteiger partial charge in [0.2, 0.25) is 0 Å². The first-order valence-corrected chi connectivity index (χ1v) is 4.45.